The molecule has 1 rings (SSSR count). The number of halogens is 1. The quantitative estimate of drug-likeness (QED) is 0.756. The van der Waals surface area contributed by atoms with Gasteiger partial charge in [-0.15, -0.1) is 11.6 Å². The van der Waals surface area contributed by atoms with Crippen LogP contribution in [-0.2, 0) is 15.9 Å². The van der Waals surface area contributed by atoms with E-state index in [-0.39, 0.29) is 5.03 Å². The lowest BCUT2D eigenvalue weighted by Crippen LogP contribution is -2.29. The van der Waals surface area contributed by atoms with Gasteiger partial charge in [0.25, 0.3) is 10.0 Å². The summed E-state index contributed by atoms with van der Waals surface area (Å²) in [5, 5.41) is 0.0719. The highest BCUT2D eigenvalue weighted by Crippen LogP contribution is 2.14. The molecule has 0 N–H and O–H groups in total. The molecule has 1 aromatic heterocycles. The highest BCUT2D eigenvalue weighted by atomic mass is 35.5. The Morgan fingerprint density at radius 1 is 1.39 bits per heavy atom. The first-order valence-electron chi connectivity index (χ1n) is 5.85. The van der Waals surface area contributed by atoms with Gasteiger partial charge in [-0.1, -0.05) is 19.9 Å². The summed E-state index contributed by atoms with van der Waals surface area (Å²) < 4.78 is 25.7. The van der Waals surface area contributed by atoms with Gasteiger partial charge in [0.1, 0.15) is 0 Å². The van der Waals surface area contributed by atoms with E-state index in [1.165, 1.54) is 16.6 Å². The lowest BCUT2D eigenvalue weighted by Gasteiger charge is -2.17. The molecule has 1 heterocycles. The zero-order valence-electron chi connectivity index (χ0n) is 10.9. The fourth-order valence-corrected chi connectivity index (χ4v) is 2.61. The Labute approximate surface area is 114 Å². The van der Waals surface area contributed by atoms with Crippen LogP contribution < -0.4 is 0 Å². The number of pyridine rings is 1. The molecule has 0 spiro atoms. The predicted octanol–water partition coefficient (Wildman–Crippen LogP) is 2.49. The number of alkyl halides is 1. The highest BCUT2D eigenvalue weighted by molar-refractivity contribution is 7.89. The van der Waals surface area contributed by atoms with Gasteiger partial charge in [-0.25, -0.2) is 13.4 Å². The summed E-state index contributed by atoms with van der Waals surface area (Å²) in [7, 11) is -1.90. The molecule has 1 aromatic rings. The van der Waals surface area contributed by atoms with E-state index in [1.54, 1.807) is 13.1 Å². The lowest BCUT2D eigenvalue weighted by atomic mass is 10.1. The molecule has 0 aliphatic heterocycles. The molecular weight excluding hydrogens is 272 g/mol. The Balaban J connectivity index is 2.84. The van der Waals surface area contributed by atoms with E-state index < -0.39 is 10.0 Å². The van der Waals surface area contributed by atoms with E-state index in [4.69, 9.17) is 11.6 Å². The first-order valence-corrected chi connectivity index (χ1v) is 7.82. The Hall–Kier alpha value is -0.650. The van der Waals surface area contributed by atoms with Crippen LogP contribution in [0.5, 0.6) is 0 Å². The van der Waals surface area contributed by atoms with Crippen molar-refractivity contribution in [2.45, 2.75) is 31.2 Å². The minimum Gasteiger partial charge on any atom is -0.243 e. The van der Waals surface area contributed by atoms with E-state index >= 15 is 0 Å². The summed E-state index contributed by atoms with van der Waals surface area (Å²) in [4.78, 5) is 3.96. The summed E-state index contributed by atoms with van der Waals surface area (Å²) in [6.45, 7) is 4.63. The van der Waals surface area contributed by atoms with Crippen molar-refractivity contribution in [2.75, 3.05) is 13.6 Å². The Kier molecular flexibility index (Phi) is 5.56. The Morgan fingerprint density at radius 2 is 2.06 bits per heavy atom. The monoisotopic (exact) mass is 290 g/mol. The first kappa shape index (κ1) is 15.4. The summed E-state index contributed by atoms with van der Waals surface area (Å²) in [6.07, 6.45) is 2.33. The zero-order chi connectivity index (χ0) is 13.8. The summed E-state index contributed by atoms with van der Waals surface area (Å²) in [5.41, 5.74) is 0.806. The Bertz CT molecular complexity index is 471. The van der Waals surface area contributed by atoms with Crippen LogP contribution in [0, 0.1) is 5.92 Å². The average Bonchev–Trinajstić information content (AvgIpc) is 2.35. The van der Waals surface area contributed by atoms with Crippen LogP contribution in [0.3, 0.4) is 0 Å². The van der Waals surface area contributed by atoms with Crippen molar-refractivity contribution >= 4 is 21.6 Å². The van der Waals surface area contributed by atoms with Crippen molar-refractivity contribution in [1.29, 1.82) is 0 Å². The van der Waals surface area contributed by atoms with Gasteiger partial charge in [-0.3, -0.25) is 0 Å². The molecule has 0 radical (unpaired) electrons. The smallest absolute Gasteiger partial charge is 0.243 e. The fraction of sp³-hybridized carbons (Fsp3) is 0.583. The molecule has 0 unspecified atom stereocenters. The minimum atomic E-state index is -3.48. The largest absolute Gasteiger partial charge is 0.260 e. The van der Waals surface area contributed by atoms with E-state index in [9.17, 15) is 8.42 Å². The number of sulfonamides is 1. The average molecular weight is 291 g/mol. The van der Waals surface area contributed by atoms with Crippen LogP contribution in [0.1, 0.15) is 25.8 Å². The fourth-order valence-electron chi connectivity index (χ4n) is 1.36. The van der Waals surface area contributed by atoms with Gasteiger partial charge in [-0.2, -0.15) is 4.31 Å². The summed E-state index contributed by atoms with van der Waals surface area (Å²) >= 11 is 5.64. The van der Waals surface area contributed by atoms with Gasteiger partial charge in [0.2, 0.25) is 0 Å². The van der Waals surface area contributed by atoms with E-state index in [0.29, 0.717) is 18.3 Å². The van der Waals surface area contributed by atoms with Crippen LogP contribution in [0.4, 0.5) is 0 Å². The highest BCUT2D eigenvalue weighted by Gasteiger charge is 2.21. The lowest BCUT2D eigenvalue weighted by molar-refractivity contribution is 0.426. The van der Waals surface area contributed by atoms with Gasteiger partial charge in [-0.05, 0) is 24.0 Å². The minimum absolute atomic E-state index is 0.0719. The van der Waals surface area contributed by atoms with Crippen LogP contribution >= 0.6 is 11.6 Å². The maximum absolute atomic E-state index is 12.2. The van der Waals surface area contributed by atoms with Crippen molar-refractivity contribution in [2.24, 2.45) is 5.92 Å². The normalized spacial score (nSPS) is 12.3. The van der Waals surface area contributed by atoms with Gasteiger partial charge < -0.3 is 0 Å². The second-order valence-corrected chi connectivity index (χ2v) is 6.91. The van der Waals surface area contributed by atoms with E-state index in [1.807, 2.05) is 0 Å². The molecule has 6 heteroatoms. The number of hydrogen-bond donors (Lipinski definition) is 0. The van der Waals surface area contributed by atoms with Crippen LogP contribution in [-0.4, -0.2) is 31.3 Å². The number of rotatable bonds is 6. The topological polar surface area (TPSA) is 50.3 Å². The molecule has 0 fully saturated rings. The van der Waals surface area contributed by atoms with Gasteiger partial charge in [0, 0.05) is 25.7 Å². The summed E-state index contributed by atoms with van der Waals surface area (Å²) in [5.74, 6) is 0.797. The third kappa shape index (κ3) is 3.93. The third-order valence-electron chi connectivity index (χ3n) is 2.65. The summed E-state index contributed by atoms with van der Waals surface area (Å²) in [6, 6.07) is 3.18. The van der Waals surface area contributed by atoms with E-state index in [0.717, 1.165) is 12.0 Å². The van der Waals surface area contributed by atoms with Crippen LogP contribution in [0.25, 0.3) is 0 Å². The van der Waals surface area contributed by atoms with Crippen molar-refractivity contribution in [1.82, 2.24) is 9.29 Å². The maximum Gasteiger partial charge on any atom is 0.260 e. The maximum atomic E-state index is 12.2. The molecule has 0 saturated heterocycles. The second kappa shape index (κ2) is 6.50. The molecular formula is C12H19ClN2O2S. The molecule has 0 saturated carbocycles. The van der Waals surface area contributed by atoms with Crippen molar-refractivity contribution < 1.29 is 8.42 Å². The third-order valence-corrected chi connectivity index (χ3v) is 4.73. The molecule has 0 atom stereocenters. The predicted molar refractivity (Wildman–Crippen MR) is 73.1 cm³/mol. The van der Waals surface area contributed by atoms with Gasteiger partial charge in [0.05, 0.1) is 0 Å². The number of hydrogen-bond acceptors (Lipinski definition) is 3. The van der Waals surface area contributed by atoms with Crippen molar-refractivity contribution in [3.8, 4) is 0 Å². The van der Waals surface area contributed by atoms with E-state index in [2.05, 4.69) is 18.8 Å². The van der Waals surface area contributed by atoms with Gasteiger partial charge in [0.15, 0.2) is 5.03 Å². The van der Waals surface area contributed by atoms with Gasteiger partial charge >= 0.3 is 0 Å². The SMILES string of the molecule is CC(C)CCN(C)S(=O)(=O)c1ccc(CCl)cn1. The molecule has 0 amide bonds. The molecule has 18 heavy (non-hydrogen) atoms. The molecule has 4 nitrogen and oxygen atoms in total. The Morgan fingerprint density at radius 3 is 2.50 bits per heavy atom. The standard InChI is InChI=1S/C12H19ClN2O2S/c1-10(2)6-7-15(3)18(16,17)12-5-4-11(8-13)9-14-12/h4-5,9-10H,6-8H2,1-3H3. The van der Waals surface area contributed by atoms with Crippen molar-refractivity contribution in [3.63, 3.8) is 0 Å². The van der Waals surface area contributed by atoms with Crippen LogP contribution in [0.2, 0.25) is 0 Å². The molecule has 0 aliphatic rings. The molecule has 0 bridgehead atoms. The number of aromatic nitrogens is 1. The molecule has 0 aliphatic carbocycles. The van der Waals surface area contributed by atoms with Crippen molar-refractivity contribution in [3.05, 3.63) is 23.9 Å². The zero-order valence-corrected chi connectivity index (χ0v) is 12.5. The first-order chi connectivity index (χ1) is 8.37. The number of nitrogens with zero attached hydrogens (tertiary/aromatic N) is 2. The molecule has 0 aromatic carbocycles. The van der Waals surface area contributed by atoms with Crippen LogP contribution in [0.15, 0.2) is 23.4 Å². The molecule has 102 valence electrons. The second-order valence-electron chi connectivity index (χ2n) is 4.65.